The second-order valence-electron chi connectivity index (χ2n) is 3.81. The van der Waals surface area contributed by atoms with E-state index in [9.17, 15) is 4.39 Å². The molecule has 0 bridgehead atoms. The highest BCUT2D eigenvalue weighted by molar-refractivity contribution is 7.99. The minimum Gasteiger partial charge on any atom is -0.420 e. The number of benzene rings is 1. The van der Waals surface area contributed by atoms with E-state index in [1.807, 2.05) is 6.92 Å². The van der Waals surface area contributed by atoms with E-state index in [2.05, 4.69) is 10.2 Å². The first-order valence-corrected chi connectivity index (χ1v) is 6.54. The summed E-state index contributed by atoms with van der Waals surface area (Å²) < 4.78 is 18.2. The van der Waals surface area contributed by atoms with Crippen LogP contribution in [0.15, 0.2) is 28.7 Å². The number of rotatable bonds is 5. The lowest BCUT2D eigenvalue weighted by Gasteiger charge is -2.03. The summed E-state index contributed by atoms with van der Waals surface area (Å²) in [5.41, 5.74) is 0.690. The fourth-order valence-corrected chi connectivity index (χ4v) is 1.94. The van der Waals surface area contributed by atoms with Crippen LogP contribution in [0.3, 0.4) is 0 Å². The summed E-state index contributed by atoms with van der Waals surface area (Å²) in [7, 11) is 0. The summed E-state index contributed by atoms with van der Waals surface area (Å²) in [6, 6.07) is 5.88. The molecule has 1 aromatic heterocycles. The van der Waals surface area contributed by atoms with Gasteiger partial charge in [-0.25, -0.2) is 4.39 Å². The molecular weight excluding hydrogens is 255 g/mol. The first kappa shape index (κ1) is 13.0. The van der Waals surface area contributed by atoms with Gasteiger partial charge in [-0.3, -0.25) is 0 Å². The lowest BCUT2D eigenvalue weighted by Crippen LogP contribution is -2.02. The van der Waals surface area contributed by atoms with Crippen LogP contribution in [0.2, 0.25) is 0 Å². The molecule has 4 nitrogen and oxygen atoms in total. The number of halogens is 1. The molecule has 0 saturated carbocycles. The second-order valence-corrected chi connectivity index (χ2v) is 5.24. The van der Waals surface area contributed by atoms with Crippen molar-refractivity contribution in [3.05, 3.63) is 36.0 Å². The fraction of sp³-hybridized carbons (Fsp3) is 0.333. The van der Waals surface area contributed by atoms with Crippen LogP contribution in [-0.2, 0) is 5.75 Å². The number of thioether (sulfide) groups is 1. The Morgan fingerprint density at radius 3 is 2.72 bits per heavy atom. The van der Waals surface area contributed by atoms with Crippen LogP contribution in [0.25, 0.3) is 11.5 Å². The van der Waals surface area contributed by atoms with E-state index in [0.717, 1.165) is 0 Å². The maximum atomic E-state index is 12.8. The molecule has 2 rings (SSSR count). The van der Waals surface area contributed by atoms with E-state index in [-0.39, 0.29) is 17.7 Å². The summed E-state index contributed by atoms with van der Waals surface area (Å²) in [4.78, 5) is 0. The summed E-state index contributed by atoms with van der Waals surface area (Å²) in [6.07, 6.45) is 0. The van der Waals surface area contributed by atoms with Crippen LogP contribution in [0.5, 0.6) is 0 Å². The van der Waals surface area contributed by atoms with Crippen molar-refractivity contribution in [3.63, 3.8) is 0 Å². The smallest absolute Gasteiger partial charge is 0.247 e. The molecule has 1 atom stereocenters. The predicted octanol–water partition coefficient (Wildman–Crippen LogP) is 2.49. The van der Waals surface area contributed by atoms with E-state index in [0.29, 0.717) is 23.1 Å². The van der Waals surface area contributed by atoms with E-state index in [1.54, 1.807) is 12.1 Å². The normalized spacial score (nSPS) is 12.6. The molecule has 2 aromatic rings. The molecule has 0 aliphatic heterocycles. The van der Waals surface area contributed by atoms with E-state index in [4.69, 9.17) is 9.52 Å². The Bertz CT molecular complexity index is 501. The molecule has 1 N–H and O–H groups in total. The average Bonchev–Trinajstić information content (AvgIpc) is 2.85. The van der Waals surface area contributed by atoms with Gasteiger partial charge in [0.15, 0.2) is 0 Å². The number of aliphatic hydroxyl groups excluding tert-OH is 1. The van der Waals surface area contributed by atoms with E-state index >= 15 is 0 Å². The molecule has 0 aliphatic rings. The minimum atomic E-state index is -0.300. The standard InChI is InChI=1S/C12H13FN2O2S/c1-8(6-16)18-7-11-14-15-12(17-11)9-2-4-10(13)5-3-9/h2-5,8,16H,6-7H2,1H3. The average molecular weight is 268 g/mol. The summed E-state index contributed by atoms with van der Waals surface area (Å²) in [5, 5.41) is 16.8. The van der Waals surface area contributed by atoms with Crippen molar-refractivity contribution in [1.82, 2.24) is 10.2 Å². The molecule has 0 radical (unpaired) electrons. The van der Waals surface area contributed by atoms with Crippen LogP contribution in [0.1, 0.15) is 12.8 Å². The molecule has 0 amide bonds. The molecule has 0 saturated heterocycles. The van der Waals surface area contributed by atoms with Crippen LogP contribution in [0.4, 0.5) is 4.39 Å². The zero-order valence-electron chi connectivity index (χ0n) is 9.84. The molecule has 0 fully saturated rings. The molecule has 1 aromatic carbocycles. The first-order valence-electron chi connectivity index (χ1n) is 5.50. The van der Waals surface area contributed by atoms with Crippen molar-refractivity contribution in [1.29, 1.82) is 0 Å². The first-order chi connectivity index (χ1) is 8.69. The van der Waals surface area contributed by atoms with Gasteiger partial charge in [0.2, 0.25) is 11.8 Å². The van der Waals surface area contributed by atoms with E-state index in [1.165, 1.54) is 23.9 Å². The predicted molar refractivity (Wildman–Crippen MR) is 67.5 cm³/mol. The Morgan fingerprint density at radius 2 is 2.06 bits per heavy atom. The van der Waals surface area contributed by atoms with Crippen molar-refractivity contribution >= 4 is 11.8 Å². The topological polar surface area (TPSA) is 59.2 Å². The highest BCUT2D eigenvalue weighted by Crippen LogP contribution is 2.21. The van der Waals surface area contributed by atoms with Crippen LogP contribution in [0, 0.1) is 5.82 Å². The van der Waals surface area contributed by atoms with E-state index < -0.39 is 0 Å². The maximum Gasteiger partial charge on any atom is 0.247 e. The van der Waals surface area contributed by atoms with Gasteiger partial charge in [-0.1, -0.05) is 6.92 Å². The lowest BCUT2D eigenvalue weighted by molar-refractivity contribution is 0.300. The van der Waals surface area contributed by atoms with Crippen molar-refractivity contribution in [2.45, 2.75) is 17.9 Å². The van der Waals surface area contributed by atoms with Crippen molar-refractivity contribution in [2.75, 3.05) is 6.61 Å². The SMILES string of the molecule is CC(CO)SCc1nnc(-c2ccc(F)cc2)o1. The van der Waals surface area contributed by atoms with Gasteiger partial charge in [0.25, 0.3) is 0 Å². The fourth-order valence-electron chi connectivity index (χ4n) is 1.29. The number of hydrogen-bond acceptors (Lipinski definition) is 5. The second kappa shape index (κ2) is 5.97. The zero-order chi connectivity index (χ0) is 13.0. The number of aliphatic hydroxyl groups is 1. The molecule has 1 heterocycles. The third-order valence-electron chi connectivity index (χ3n) is 2.31. The largest absolute Gasteiger partial charge is 0.420 e. The van der Waals surface area contributed by atoms with Gasteiger partial charge in [-0.2, -0.15) is 0 Å². The molecule has 18 heavy (non-hydrogen) atoms. The van der Waals surface area contributed by atoms with Gasteiger partial charge in [0.1, 0.15) is 5.82 Å². The van der Waals surface area contributed by atoms with Crippen LogP contribution in [-0.4, -0.2) is 27.2 Å². The molecule has 0 aliphatic carbocycles. The van der Waals surface area contributed by atoms with Gasteiger partial charge in [0.05, 0.1) is 12.4 Å². The Morgan fingerprint density at radius 1 is 1.33 bits per heavy atom. The zero-order valence-corrected chi connectivity index (χ0v) is 10.7. The molecule has 6 heteroatoms. The summed E-state index contributed by atoms with van der Waals surface area (Å²) in [5.74, 6) is 1.13. The van der Waals surface area contributed by atoms with Crippen molar-refractivity contribution in [3.8, 4) is 11.5 Å². The summed E-state index contributed by atoms with van der Waals surface area (Å²) >= 11 is 1.53. The molecular formula is C12H13FN2O2S. The van der Waals surface area contributed by atoms with Crippen molar-refractivity contribution < 1.29 is 13.9 Å². The minimum absolute atomic E-state index is 0.115. The Hall–Kier alpha value is -1.40. The Kier molecular flexibility index (Phi) is 4.33. The Balaban J connectivity index is 2.03. The van der Waals surface area contributed by atoms with Gasteiger partial charge >= 0.3 is 0 Å². The summed E-state index contributed by atoms with van der Waals surface area (Å²) in [6.45, 7) is 2.03. The van der Waals surface area contributed by atoms with Gasteiger partial charge in [-0.15, -0.1) is 22.0 Å². The van der Waals surface area contributed by atoms with Gasteiger partial charge in [-0.05, 0) is 24.3 Å². The highest BCUT2D eigenvalue weighted by Gasteiger charge is 2.10. The molecule has 96 valence electrons. The lowest BCUT2D eigenvalue weighted by atomic mass is 10.2. The number of nitrogens with zero attached hydrogens (tertiary/aromatic N) is 2. The maximum absolute atomic E-state index is 12.8. The number of hydrogen-bond donors (Lipinski definition) is 1. The Labute approximate surface area is 108 Å². The quantitative estimate of drug-likeness (QED) is 0.902. The third-order valence-corrected chi connectivity index (χ3v) is 3.44. The third kappa shape index (κ3) is 3.30. The molecule has 1 unspecified atom stereocenters. The number of aromatic nitrogens is 2. The monoisotopic (exact) mass is 268 g/mol. The van der Waals surface area contributed by atoms with Gasteiger partial charge < -0.3 is 9.52 Å². The molecule has 0 spiro atoms. The van der Waals surface area contributed by atoms with Crippen molar-refractivity contribution in [2.24, 2.45) is 0 Å². The van der Waals surface area contributed by atoms with Crippen LogP contribution < -0.4 is 0 Å². The van der Waals surface area contributed by atoms with Crippen LogP contribution >= 0.6 is 11.8 Å². The highest BCUT2D eigenvalue weighted by atomic mass is 32.2. The van der Waals surface area contributed by atoms with Gasteiger partial charge in [0, 0.05) is 10.8 Å².